The summed E-state index contributed by atoms with van der Waals surface area (Å²) in [5.74, 6) is 0.0590. The van der Waals surface area contributed by atoms with Gasteiger partial charge < -0.3 is 15.0 Å². The Labute approximate surface area is 147 Å². The molecule has 3 rings (SSSR count). The molecule has 1 unspecified atom stereocenters. The molecule has 0 radical (unpaired) electrons. The molecule has 1 aliphatic heterocycles. The van der Waals surface area contributed by atoms with Crippen molar-refractivity contribution in [2.75, 3.05) is 19.7 Å². The lowest BCUT2D eigenvalue weighted by atomic mass is 10.0. The summed E-state index contributed by atoms with van der Waals surface area (Å²) >= 11 is 0. The first-order valence-electron chi connectivity index (χ1n) is 8.95. The van der Waals surface area contributed by atoms with Crippen LogP contribution in [0.25, 0.3) is 0 Å². The van der Waals surface area contributed by atoms with Crippen molar-refractivity contribution in [2.24, 2.45) is 5.92 Å². The molecule has 1 heterocycles. The molecule has 2 amide bonds. The number of carbonyl (C=O) groups excluding carboxylic acids is 2. The summed E-state index contributed by atoms with van der Waals surface area (Å²) in [5, 5.41) is 2.87. The Morgan fingerprint density at radius 1 is 1.32 bits per heavy atom. The number of hydrogen-bond acceptors (Lipinski definition) is 3. The van der Waals surface area contributed by atoms with Gasteiger partial charge >= 0.3 is 0 Å². The first-order valence-corrected chi connectivity index (χ1v) is 8.95. The number of ether oxygens (including phenoxy) is 1. The minimum atomic E-state index is -0.345. The van der Waals surface area contributed by atoms with Gasteiger partial charge in [-0.3, -0.25) is 9.59 Å². The Morgan fingerprint density at radius 3 is 2.84 bits per heavy atom. The number of piperidine rings is 1. The van der Waals surface area contributed by atoms with E-state index >= 15 is 0 Å². The van der Waals surface area contributed by atoms with Crippen LogP contribution in [0.3, 0.4) is 0 Å². The van der Waals surface area contributed by atoms with Crippen LogP contribution in [0.5, 0.6) is 0 Å². The number of nitrogens with zero attached hydrogens (tertiary/aromatic N) is 1. The third-order valence-electron chi connectivity index (χ3n) is 4.72. The fourth-order valence-corrected chi connectivity index (χ4v) is 3.19. The molecule has 136 valence electrons. The normalized spacial score (nSPS) is 20.4. The highest BCUT2D eigenvalue weighted by Crippen LogP contribution is 2.29. The maximum atomic E-state index is 14.0. The lowest BCUT2D eigenvalue weighted by Crippen LogP contribution is -2.49. The molecule has 0 bridgehead atoms. The van der Waals surface area contributed by atoms with Gasteiger partial charge in [0.05, 0.1) is 6.61 Å². The fraction of sp³-hybridized carbons (Fsp3) is 0.579. The minimum Gasteiger partial charge on any atom is -0.376 e. The summed E-state index contributed by atoms with van der Waals surface area (Å²) < 4.78 is 19.5. The van der Waals surface area contributed by atoms with Crippen LogP contribution in [0, 0.1) is 11.7 Å². The highest BCUT2D eigenvalue weighted by Gasteiger charge is 2.25. The van der Waals surface area contributed by atoms with Crippen LogP contribution in [0.4, 0.5) is 4.39 Å². The predicted octanol–water partition coefficient (Wildman–Crippen LogP) is 2.49. The van der Waals surface area contributed by atoms with Crippen molar-refractivity contribution in [3.05, 3.63) is 35.1 Å². The summed E-state index contributed by atoms with van der Waals surface area (Å²) in [6.45, 7) is 3.47. The van der Waals surface area contributed by atoms with Crippen molar-refractivity contribution in [1.29, 1.82) is 0 Å². The van der Waals surface area contributed by atoms with Gasteiger partial charge in [-0.1, -0.05) is 0 Å². The van der Waals surface area contributed by atoms with Gasteiger partial charge in [0.15, 0.2) is 0 Å². The van der Waals surface area contributed by atoms with E-state index < -0.39 is 0 Å². The van der Waals surface area contributed by atoms with E-state index in [0.717, 1.165) is 12.8 Å². The zero-order valence-corrected chi connectivity index (χ0v) is 14.6. The van der Waals surface area contributed by atoms with Crippen molar-refractivity contribution in [1.82, 2.24) is 10.2 Å². The molecular formula is C19H25FN2O3. The molecule has 1 aromatic carbocycles. The molecule has 2 fully saturated rings. The number of benzene rings is 1. The van der Waals surface area contributed by atoms with Crippen molar-refractivity contribution in [3.63, 3.8) is 0 Å². The fourth-order valence-electron chi connectivity index (χ4n) is 3.19. The number of likely N-dealkylation sites (tertiary alicyclic amines) is 1. The molecule has 6 heteroatoms. The smallest absolute Gasteiger partial charge is 0.253 e. The Balaban J connectivity index is 1.63. The summed E-state index contributed by atoms with van der Waals surface area (Å²) in [6, 6.07) is 4.42. The highest BCUT2D eigenvalue weighted by molar-refractivity contribution is 5.94. The van der Waals surface area contributed by atoms with Crippen molar-refractivity contribution < 1.29 is 18.7 Å². The van der Waals surface area contributed by atoms with E-state index in [-0.39, 0.29) is 30.3 Å². The van der Waals surface area contributed by atoms with Crippen molar-refractivity contribution in [2.45, 2.75) is 45.3 Å². The topological polar surface area (TPSA) is 58.6 Å². The number of rotatable bonds is 6. The minimum absolute atomic E-state index is 0.0167. The second kappa shape index (κ2) is 7.95. The molecule has 25 heavy (non-hydrogen) atoms. The average Bonchev–Trinajstić information content (AvgIpc) is 3.40. The third-order valence-corrected chi connectivity index (χ3v) is 4.72. The number of hydrogen-bond donors (Lipinski definition) is 1. The Kier molecular flexibility index (Phi) is 5.68. The first kappa shape index (κ1) is 17.9. The average molecular weight is 348 g/mol. The molecule has 1 aromatic rings. The van der Waals surface area contributed by atoms with E-state index in [4.69, 9.17) is 4.74 Å². The molecule has 0 aromatic heterocycles. The van der Waals surface area contributed by atoms with Gasteiger partial charge in [0.1, 0.15) is 5.82 Å². The second-order valence-electron chi connectivity index (χ2n) is 7.06. The lowest BCUT2D eigenvalue weighted by molar-refractivity contribution is -0.120. The summed E-state index contributed by atoms with van der Waals surface area (Å²) in [6.07, 6.45) is 4.08. The quantitative estimate of drug-likeness (QED) is 0.859. The molecule has 1 N–H and O–H groups in total. The van der Waals surface area contributed by atoms with E-state index in [2.05, 4.69) is 5.32 Å². The van der Waals surface area contributed by atoms with Crippen LogP contribution in [0.15, 0.2) is 18.2 Å². The standard InChI is InChI=1S/C19H25FN2O3/c1-13(23)21-17-3-2-8-22(10-17)19(24)15-6-7-18(20)16(9-15)12-25-11-14-4-5-14/h6-7,9,14,17H,2-5,8,10-12H2,1H3,(H,21,23). The van der Waals surface area contributed by atoms with Crippen LogP contribution < -0.4 is 5.32 Å². The van der Waals surface area contributed by atoms with Crippen LogP contribution in [-0.4, -0.2) is 42.5 Å². The summed E-state index contributed by atoms with van der Waals surface area (Å²) in [5.41, 5.74) is 0.886. The molecule has 0 spiro atoms. The Hall–Kier alpha value is -1.95. The molecule has 1 saturated heterocycles. The van der Waals surface area contributed by atoms with Gasteiger partial charge in [0.2, 0.25) is 5.91 Å². The molecule has 5 nitrogen and oxygen atoms in total. The second-order valence-corrected chi connectivity index (χ2v) is 7.06. The van der Waals surface area contributed by atoms with Gasteiger partial charge in [-0.2, -0.15) is 0 Å². The lowest BCUT2D eigenvalue weighted by Gasteiger charge is -2.33. The summed E-state index contributed by atoms with van der Waals surface area (Å²) in [4.78, 5) is 25.7. The molecule has 1 aliphatic carbocycles. The molecule has 1 saturated carbocycles. The van der Waals surface area contributed by atoms with E-state index in [1.807, 2.05) is 0 Å². The van der Waals surface area contributed by atoms with Gasteiger partial charge in [0, 0.05) is 43.8 Å². The van der Waals surface area contributed by atoms with Crippen LogP contribution in [0.1, 0.15) is 48.5 Å². The third kappa shape index (κ3) is 5.01. The van der Waals surface area contributed by atoms with Gasteiger partial charge in [-0.05, 0) is 49.8 Å². The summed E-state index contributed by atoms with van der Waals surface area (Å²) in [7, 11) is 0. The SMILES string of the molecule is CC(=O)NC1CCCN(C(=O)c2ccc(F)c(COCC3CC3)c2)C1. The number of amides is 2. The monoisotopic (exact) mass is 348 g/mol. The maximum absolute atomic E-state index is 14.0. The number of nitrogens with one attached hydrogen (secondary N) is 1. The Bertz CT molecular complexity index is 646. The maximum Gasteiger partial charge on any atom is 0.253 e. The predicted molar refractivity (Wildman–Crippen MR) is 91.5 cm³/mol. The zero-order valence-electron chi connectivity index (χ0n) is 14.6. The first-order chi connectivity index (χ1) is 12.0. The van der Waals surface area contributed by atoms with Crippen LogP contribution in [-0.2, 0) is 16.1 Å². The van der Waals surface area contributed by atoms with E-state index in [1.54, 1.807) is 11.0 Å². The zero-order chi connectivity index (χ0) is 17.8. The van der Waals surface area contributed by atoms with Gasteiger partial charge in [-0.15, -0.1) is 0 Å². The van der Waals surface area contributed by atoms with Gasteiger partial charge in [-0.25, -0.2) is 4.39 Å². The number of carbonyl (C=O) groups is 2. The van der Waals surface area contributed by atoms with Gasteiger partial charge in [0.25, 0.3) is 5.91 Å². The van der Waals surface area contributed by atoms with E-state index in [0.29, 0.717) is 36.7 Å². The van der Waals surface area contributed by atoms with Crippen LogP contribution in [0.2, 0.25) is 0 Å². The van der Waals surface area contributed by atoms with E-state index in [9.17, 15) is 14.0 Å². The van der Waals surface area contributed by atoms with E-state index in [1.165, 1.54) is 31.9 Å². The molecular weight excluding hydrogens is 323 g/mol. The Morgan fingerprint density at radius 2 is 2.12 bits per heavy atom. The van der Waals surface area contributed by atoms with Crippen molar-refractivity contribution in [3.8, 4) is 0 Å². The number of halogens is 1. The highest BCUT2D eigenvalue weighted by atomic mass is 19.1. The van der Waals surface area contributed by atoms with Crippen LogP contribution >= 0.6 is 0 Å². The molecule has 2 aliphatic rings. The van der Waals surface area contributed by atoms with Crippen molar-refractivity contribution >= 4 is 11.8 Å². The largest absolute Gasteiger partial charge is 0.376 e. The molecule has 1 atom stereocenters.